The number of rotatable bonds is 5. The van der Waals surface area contributed by atoms with Gasteiger partial charge >= 0.3 is 0 Å². The second-order valence-corrected chi connectivity index (χ2v) is 9.44. The summed E-state index contributed by atoms with van der Waals surface area (Å²) in [6.45, 7) is 4.66. The number of aromatic nitrogens is 2. The first-order valence-electron chi connectivity index (χ1n) is 9.91. The maximum absolute atomic E-state index is 13.4. The van der Waals surface area contributed by atoms with E-state index in [2.05, 4.69) is 0 Å². The predicted molar refractivity (Wildman–Crippen MR) is 121 cm³/mol. The Balaban J connectivity index is 1.69. The van der Waals surface area contributed by atoms with Crippen molar-refractivity contribution in [1.82, 2.24) is 9.55 Å². The van der Waals surface area contributed by atoms with Gasteiger partial charge < -0.3 is 4.74 Å². The van der Waals surface area contributed by atoms with E-state index in [1.807, 2.05) is 32.0 Å². The van der Waals surface area contributed by atoms with Gasteiger partial charge in [0.25, 0.3) is 5.56 Å². The van der Waals surface area contributed by atoms with Gasteiger partial charge in [0.2, 0.25) is 0 Å². The molecule has 1 saturated heterocycles. The van der Waals surface area contributed by atoms with Gasteiger partial charge in [-0.3, -0.25) is 14.2 Å². The number of hydrogen-bond donors (Lipinski definition) is 0. The summed E-state index contributed by atoms with van der Waals surface area (Å²) in [5, 5.41) is 1.75. The van der Waals surface area contributed by atoms with Crippen LogP contribution in [0.25, 0.3) is 10.9 Å². The number of carbonyl (C=O) groups is 1. The van der Waals surface area contributed by atoms with Gasteiger partial charge in [-0.05, 0) is 63.1 Å². The Kier molecular flexibility index (Phi) is 6.00. The third-order valence-electron chi connectivity index (χ3n) is 5.31. The van der Waals surface area contributed by atoms with Gasteiger partial charge in [0.1, 0.15) is 0 Å². The summed E-state index contributed by atoms with van der Waals surface area (Å²) >= 11 is 7.22. The average Bonchev–Trinajstić information content (AvgIpc) is 2.72. The molecule has 1 aliphatic rings. The second kappa shape index (κ2) is 8.53. The molecule has 0 N–H and O–H groups in total. The van der Waals surface area contributed by atoms with Crippen LogP contribution in [0.5, 0.6) is 0 Å². The first-order valence-corrected chi connectivity index (χ1v) is 11.3. The van der Waals surface area contributed by atoms with Crippen LogP contribution < -0.4 is 5.56 Å². The lowest BCUT2D eigenvalue weighted by Crippen LogP contribution is -2.39. The van der Waals surface area contributed by atoms with Gasteiger partial charge in [-0.15, -0.1) is 0 Å². The first kappa shape index (κ1) is 21.1. The van der Waals surface area contributed by atoms with Crippen LogP contribution in [0.2, 0.25) is 5.02 Å². The second-order valence-electron chi connectivity index (χ2n) is 8.06. The number of ketones is 1. The summed E-state index contributed by atoms with van der Waals surface area (Å²) < 4.78 is 7.61. The molecular weight excluding hydrogens is 420 g/mol. The predicted octanol–water partition coefficient (Wildman–Crippen LogP) is 5.16. The lowest BCUT2D eigenvalue weighted by molar-refractivity contribution is -0.0708. The number of para-hydroxylation sites is 1. The molecule has 2 aromatic carbocycles. The zero-order chi connectivity index (χ0) is 21.3. The van der Waals surface area contributed by atoms with Crippen molar-refractivity contribution in [3.8, 4) is 0 Å². The fraction of sp³-hybridized carbons (Fsp3) is 0.348. The molecule has 1 aromatic heterocycles. The maximum Gasteiger partial charge on any atom is 0.262 e. The molecule has 3 aromatic rings. The van der Waals surface area contributed by atoms with Gasteiger partial charge in [0.15, 0.2) is 10.9 Å². The highest BCUT2D eigenvalue weighted by Gasteiger charge is 2.32. The molecule has 1 fully saturated rings. The van der Waals surface area contributed by atoms with Crippen molar-refractivity contribution < 1.29 is 9.53 Å². The highest BCUT2D eigenvalue weighted by Crippen LogP contribution is 2.34. The summed E-state index contributed by atoms with van der Waals surface area (Å²) in [6.07, 6.45) is 1.45. The summed E-state index contributed by atoms with van der Waals surface area (Å²) in [5.41, 5.74) is 0.861. The van der Waals surface area contributed by atoms with Crippen molar-refractivity contribution in [3.63, 3.8) is 0 Å². The lowest BCUT2D eigenvalue weighted by Gasteiger charge is -2.36. The number of thioether (sulfide) groups is 1. The number of Topliss-reactive ketones (excluding diaryl/α,β-unsaturated/α-hetero) is 1. The van der Waals surface area contributed by atoms with E-state index >= 15 is 0 Å². The lowest BCUT2D eigenvalue weighted by atomic mass is 9.93. The molecule has 0 spiro atoms. The first-order chi connectivity index (χ1) is 14.3. The Labute approximate surface area is 184 Å². The van der Waals surface area contributed by atoms with E-state index in [-0.39, 0.29) is 28.7 Å². The average molecular weight is 443 g/mol. The molecule has 7 heteroatoms. The SMILES string of the molecule is CC1(C)C[C@@H](n2c(SCC(=O)c3ccc(Cl)cc3)nc3ccccc3c2=O)CCO1. The van der Waals surface area contributed by atoms with Gasteiger partial charge in [-0.2, -0.15) is 0 Å². The van der Waals surface area contributed by atoms with Gasteiger partial charge in [0, 0.05) is 23.2 Å². The third-order valence-corrected chi connectivity index (χ3v) is 6.51. The molecule has 0 saturated carbocycles. The minimum Gasteiger partial charge on any atom is -0.375 e. The molecule has 0 aliphatic carbocycles. The minimum atomic E-state index is -0.310. The van der Waals surface area contributed by atoms with Gasteiger partial charge in [-0.25, -0.2) is 4.98 Å². The highest BCUT2D eigenvalue weighted by molar-refractivity contribution is 7.99. The molecule has 0 radical (unpaired) electrons. The van der Waals surface area contributed by atoms with Crippen LogP contribution in [0, 0.1) is 0 Å². The third kappa shape index (κ3) is 4.46. The van der Waals surface area contributed by atoms with Crippen LogP contribution in [-0.4, -0.2) is 33.3 Å². The quantitative estimate of drug-likeness (QED) is 0.310. The van der Waals surface area contributed by atoms with E-state index in [9.17, 15) is 9.59 Å². The summed E-state index contributed by atoms with van der Waals surface area (Å²) in [7, 11) is 0. The minimum absolute atomic E-state index is 0.0218. The van der Waals surface area contributed by atoms with Crippen molar-refractivity contribution >= 4 is 40.0 Å². The maximum atomic E-state index is 13.4. The summed E-state index contributed by atoms with van der Waals surface area (Å²) in [6, 6.07) is 14.2. The number of hydrogen-bond acceptors (Lipinski definition) is 5. The molecule has 5 nitrogen and oxygen atoms in total. The van der Waals surface area contributed by atoms with Crippen molar-refractivity contribution in [2.45, 2.75) is 43.5 Å². The Hall–Kier alpha value is -2.15. The molecular formula is C23H23ClN2O3S. The topological polar surface area (TPSA) is 61.2 Å². The largest absolute Gasteiger partial charge is 0.375 e. The molecule has 156 valence electrons. The monoisotopic (exact) mass is 442 g/mol. The number of ether oxygens (including phenoxy) is 1. The van der Waals surface area contributed by atoms with Crippen molar-refractivity contribution in [2.75, 3.05) is 12.4 Å². The van der Waals surface area contributed by atoms with Crippen LogP contribution >= 0.6 is 23.4 Å². The summed E-state index contributed by atoms with van der Waals surface area (Å²) in [4.78, 5) is 30.8. The van der Waals surface area contributed by atoms with Gasteiger partial charge in [-0.1, -0.05) is 35.5 Å². The molecule has 0 unspecified atom stereocenters. The fourth-order valence-electron chi connectivity index (χ4n) is 3.82. The van der Waals surface area contributed by atoms with Crippen molar-refractivity contribution in [2.24, 2.45) is 0 Å². The standard InChI is InChI=1S/C23H23ClN2O3S/c1-23(2)13-17(11-12-29-23)26-21(28)18-5-3-4-6-19(18)25-22(26)30-14-20(27)15-7-9-16(24)10-8-15/h3-10,17H,11-14H2,1-2H3/t17-/m0/s1. The zero-order valence-corrected chi connectivity index (χ0v) is 18.5. The fourth-order valence-corrected chi connectivity index (χ4v) is 4.91. The number of fused-ring (bicyclic) bond motifs is 1. The summed E-state index contributed by atoms with van der Waals surface area (Å²) in [5.74, 6) is 0.164. The van der Waals surface area contributed by atoms with E-state index in [4.69, 9.17) is 21.3 Å². The molecule has 2 heterocycles. The van der Waals surface area contributed by atoms with Gasteiger partial charge in [0.05, 0.1) is 22.3 Å². The van der Waals surface area contributed by atoms with E-state index in [1.54, 1.807) is 34.9 Å². The van der Waals surface area contributed by atoms with Crippen molar-refractivity contribution in [3.05, 3.63) is 69.5 Å². The van der Waals surface area contributed by atoms with E-state index in [0.29, 0.717) is 39.7 Å². The number of nitrogens with zero attached hydrogens (tertiary/aromatic N) is 2. The highest BCUT2D eigenvalue weighted by atomic mass is 35.5. The Morgan fingerprint density at radius 1 is 1.23 bits per heavy atom. The van der Waals surface area contributed by atoms with Crippen LogP contribution in [0.1, 0.15) is 43.1 Å². The normalized spacial score (nSPS) is 18.4. The Bertz CT molecular complexity index is 1140. The molecule has 1 aliphatic heterocycles. The van der Waals surface area contributed by atoms with Crippen LogP contribution in [0.15, 0.2) is 58.5 Å². The Morgan fingerprint density at radius 2 is 1.97 bits per heavy atom. The number of halogens is 1. The van der Waals surface area contributed by atoms with Crippen LogP contribution in [0.3, 0.4) is 0 Å². The molecule has 30 heavy (non-hydrogen) atoms. The molecule has 0 amide bonds. The Morgan fingerprint density at radius 3 is 2.70 bits per heavy atom. The van der Waals surface area contributed by atoms with E-state index in [0.717, 1.165) is 6.42 Å². The van der Waals surface area contributed by atoms with Crippen LogP contribution in [0.4, 0.5) is 0 Å². The zero-order valence-electron chi connectivity index (χ0n) is 16.9. The smallest absolute Gasteiger partial charge is 0.262 e. The number of carbonyl (C=O) groups excluding carboxylic acids is 1. The van der Waals surface area contributed by atoms with Crippen molar-refractivity contribution in [1.29, 1.82) is 0 Å². The number of benzene rings is 2. The molecule has 4 rings (SSSR count). The van der Waals surface area contributed by atoms with Crippen LogP contribution in [-0.2, 0) is 4.74 Å². The van der Waals surface area contributed by atoms with E-state index < -0.39 is 0 Å². The molecule has 1 atom stereocenters. The molecule has 0 bridgehead atoms. The van der Waals surface area contributed by atoms with E-state index in [1.165, 1.54) is 11.8 Å².